The van der Waals surface area contributed by atoms with Crippen molar-refractivity contribution < 1.29 is 8.42 Å². The van der Waals surface area contributed by atoms with Crippen molar-refractivity contribution >= 4 is 27.2 Å². The van der Waals surface area contributed by atoms with Crippen molar-refractivity contribution in [2.75, 3.05) is 5.43 Å². The van der Waals surface area contributed by atoms with Crippen molar-refractivity contribution in [1.29, 1.82) is 0 Å². The van der Waals surface area contributed by atoms with Crippen LogP contribution in [-0.4, -0.2) is 23.7 Å². The zero-order valence-electron chi connectivity index (χ0n) is 11.3. The molecule has 1 aliphatic rings. The summed E-state index contributed by atoms with van der Waals surface area (Å²) in [5, 5.41) is 1.95. The van der Waals surface area contributed by atoms with Crippen LogP contribution in [-0.2, 0) is 16.6 Å². The monoisotopic (exact) mass is 324 g/mol. The van der Waals surface area contributed by atoms with Crippen LogP contribution in [0.25, 0.3) is 0 Å². The SMILES string of the molecule is NNc1cc(S(=O)(=O)N(Cc2cccs2)C2CC2)ccn1. The molecular formula is C13H16N4O2S2. The Labute approximate surface area is 127 Å². The van der Waals surface area contributed by atoms with E-state index in [0.717, 1.165) is 17.7 Å². The summed E-state index contributed by atoms with van der Waals surface area (Å²) in [7, 11) is -3.54. The van der Waals surface area contributed by atoms with Crippen LogP contribution >= 0.6 is 11.3 Å². The number of pyridine rings is 1. The van der Waals surface area contributed by atoms with Crippen LogP contribution in [0.5, 0.6) is 0 Å². The fourth-order valence-electron chi connectivity index (χ4n) is 2.11. The lowest BCUT2D eigenvalue weighted by Crippen LogP contribution is -2.32. The minimum absolute atomic E-state index is 0.0968. The van der Waals surface area contributed by atoms with Crippen LogP contribution < -0.4 is 11.3 Å². The van der Waals surface area contributed by atoms with Crippen molar-refractivity contribution in [3.8, 4) is 0 Å². The zero-order chi connectivity index (χ0) is 14.9. The van der Waals surface area contributed by atoms with Gasteiger partial charge in [0.2, 0.25) is 10.0 Å². The number of hydrazine groups is 1. The Morgan fingerprint density at radius 2 is 2.24 bits per heavy atom. The molecule has 1 aliphatic carbocycles. The first-order chi connectivity index (χ1) is 10.1. The largest absolute Gasteiger partial charge is 0.308 e. The van der Waals surface area contributed by atoms with Crippen LogP contribution in [0.4, 0.5) is 5.82 Å². The molecule has 0 radical (unpaired) electrons. The Hall–Kier alpha value is -1.48. The average Bonchev–Trinajstić information content (AvgIpc) is 3.20. The molecule has 8 heteroatoms. The fourth-order valence-corrected chi connectivity index (χ4v) is 4.58. The number of nitrogens with one attached hydrogen (secondary N) is 1. The lowest BCUT2D eigenvalue weighted by Gasteiger charge is -2.21. The molecule has 1 saturated carbocycles. The summed E-state index contributed by atoms with van der Waals surface area (Å²) < 4.78 is 27.3. The molecule has 0 saturated heterocycles. The second-order valence-corrected chi connectivity index (χ2v) is 7.80. The summed E-state index contributed by atoms with van der Waals surface area (Å²) in [5.74, 6) is 5.64. The number of hydrogen-bond acceptors (Lipinski definition) is 6. The summed E-state index contributed by atoms with van der Waals surface area (Å²) in [4.78, 5) is 5.21. The Morgan fingerprint density at radius 3 is 2.86 bits per heavy atom. The van der Waals surface area contributed by atoms with E-state index >= 15 is 0 Å². The van der Waals surface area contributed by atoms with Crippen LogP contribution in [0.3, 0.4) is 0 Å². The van der Waals surface area contributed by atoms with E-state index in [9.17, 15) is 8.42 Å². The molecule has 6 nitrogen and oxygen atoms in total. The molecule has 0 aliphatic heterocycles. The van der Waals surface area contributed by atoms with E-state index in [0.29, 0.717) is 12.4 Å². The van der Waals surface area contributed by atoms with Crippen LogP contribution in [0, 0.1) is 0 Å². The van der Waals surface area contributed by atoms with Gasteiger partial charge in [0.25, 0.3) is 0 Å². The molecule has 3 N–H and O–H groups in total. The van der Waals surface area contributed by atoms with Gasteiger partial charge in [0.15, 0.2) is 0 Å². The third-order valence-electron chi connectivity index (χ3n) is 3.33. The van der Waals surface area contributed by atoms with Gasteiger partial charge in [-0.05, 0) is 30.4 Å². The van der Waals surface area contributed by atoms with Crippen molar-refractivity contribution in [3.05, 3.63) is 40.7 Å². The predicted octanol–water partition coefficient (Wildman–Crippen LogP) is 1.78. The van der Waals surface area contributed by atoms with Crippen LogP contribution in [0.1, 0.15) is 17.7 Å². The number of nitrogen functional groups attached to an aromatic ring is 1. The Kier molecular flexibility index (Phi) is 3.94. The standard InChI is InChI=1S/C13H16N4O2S2/c14-16-13-8-12(5-6-15-13)21(18,19)17(10-3-4-10)9-11-2-1-7-20-11/h1-2,5-8,10H,3-4,9,14H2,(H,15,16). The quantitative estimate of drug-likeness (QED) is 0.624. The number of nitrogens with zero attached hydrogens (tertiary/aromatic N) is 2. The molecular weight excluding hydrogens is 308 g/mol. The highest BCUT2D eigenvalue weighted by Crippen LogP contribution is 2.34. The molecule has 21 heavy (non-hydrogen) atoms. The predicted molar refractivity (Wildman–Crippen MR) is 82.1 cm³/mol. The van der Waals surface area contributed by atoms with Crippen LogP contribution in [0.2, 0.25) is 0 Å². The highest BCUT2D eigenvalue weighted by molar-refractivity contribution is 7.89. The first-order valence-corrected chi connectivity index (χ1v) is 8.90. The maximum Gasteiger partial charge on any atom is 0.243 e. The van der Waals surface area contributed by atoms with Gasteiger partial charge in [-0.25, -0.2) is 19.2 Å². The van der Waals surface area contributed by atoms with E-state index in [1.54, 1.807) is 15.6 Å². The lowest BCUT2D eigenvalue weighted by atomic mass is 10.4. The third-order valence-corrected chi connectivity index (χ3v) is 6.09. The van der Waals surface area contributed by atoms with E-state index in [4.69, 9.17) is 5.84 Å². The molecule has 112 valence electrons. The maximum absolute atomic E-state index is 12.8. The summed E-state index contributed by atoms with van der Waals surface area (Å²) >= 11 is 1.56. The maximum atomic E-state index is 12.8. The first kappa shape index (κ1) is 14.5. The van der Waals surface area contributed by atoms with Gasteiger partial charge in [-0.3, -0.25) is 0 Å². The smallest absolute Gasteiger partial charge is 0.243 e. The molecule has 0 aromatic carbocycles. The number of rotatable bonds is 6. The molecule has 0 unspecified atom stereocenters. The van der Waals surface area contributed by atoms with Gasteiger partial charge in [0.05, 0.1) is 4.90 Å². The molecule has 0 spiro atoms. The van der Waals surface area contributed by atoms with Crippen molar-refractivity contribution in [1.82, 2.24) is 9.29 Å². The number of aromatic nitrogens is 1. The van der Waals surface area contributed by atoms with E-state index in [2.05, 4.69) is 10.4 Å². The zero-order valence-corrected chi connectivity index (χ0v) is 12.9. The van der Waals surface area contributed by atoms with Gasteiger partial charge >= 0.3 is 0 Å². The van der Waals surface area contributed by atoms with Gasteiger partial charge in [-0.2, -0.15) is 4.31 Å². The van der Waals surface area contributed by atoms with Gasteiger partial charge in [-0.15, -0.1) is 11.3 Å². The van der Waals surface area contributed by atoms with Crippen molar-refractivity contribution in [2.24, 2.45) is 5.84 Å². The molecule has 2 aromatic heterocycles. The average molecular weight is 324 g/mol. The first-order valence-electron chi connectivity index (χ1n) is 6.58. The highest BCUT2D eigenvalue weighted by Gasteiger charge is 2.38. The van der Waals surface area contributed by atoms with Crippen molar-refractivity contribution in [2.45, 2.75) is 30.3 Å². The minimum atomic E-state index is -3.54. The van der Waals surface area contributed by atoms with E-state index in [-0.39, 0.29) is 10.9 Å². The molecule has 0 atom stereocenters. The van der Waals surface area contributed by atoms with Gasteiger partial charge in [-0.1, -0.05) is 6.07 Å². The highest BCUT2D eigenvalue weighted by atomic mass is 32.2. The summed E-state index contributed by atoms with van der Waals surface area (Å²) in [6, 6.07) is 6.94. The molecule has 2 heterocycles. The molecule has 1 fully saturated rings. The molecule has 0 bridgehead atoms. The van der Waals surface area contributed by atoms with Gasteiger partial charge < -0.3 is 5.43 Å². The third kappa shape index (κ3) is 3.08. The van der Waals surface area contributed by atoms with Gasteiger partial charge in [0.1, 0.15) is 5.82 Å². The summed E-state index contributed by atoms with van der Waals surface area (Å²) in [5.41, 5.74) is 2.38. The van der Waals surface area contributed by atoms with E-state index in [1.807, 2.05) is 17.5 Å². The normalized spacial score (nSPS) is 15.3. The fraction of sp³-hybridized carbons (Fsp3) is 0.308. The van der Waals surface area contributed by atoms with Gasteiger partial charge in [0, 0.05) is 29.7 Å². The summed E-state index contributed by atoms with van der Waals surface area (Å²) in [6.07, 6.45) is 3.27. The number of hydrogen-bond donors (Lipinski definition) is 2. The topological polar surface area (TPSA) is 88.3 Å². The van der Waals surface area contributed by atoms with E-state index < -0.39 is 10.0 Å². The molecule has 0 amide bonds. The second kappa shape index (κ2) is 5.72. The molecule has 2 aromatic rings. The number of thiophene rings is 1. The minimum Gasteiger partial charge on any atom is -0.308 e. The Bertz CT molecular complexity index is 712. The Morgan fingerprint density at radius 1 is 1.43 bits per heavy atom. The second-order valence-electron chi connectivity index (χ2n) is 4.88. The van der Waals surface area contributed by atoms with Crippen molar-refractivity contribution in [3.63, 3.8) is 0 Å². The molecule has 3 rings (SSSR count). The van der Waals surface area contributed by atoms with Crippen LogP contribution in [0.15, 0.2) is 40.7 Å². The van der Waals surface area contributed by atoms with E-state index in [1.165, 1.54) is 18.3 Å². The lowest BCUT2D eigenvalue weighted by molar-refractivity contribution is 0.401. The number of nitrogens with two attached hydrogens (primary N) is 1. The number of anilines is 1. The Balaban J connectivity index is 1.93. The summed E-state index contributed by atoms with van der Waals surface area (Å²) in [6.45, 7) is 0.415. The number of sulfonamides is 1.